The molecule has 3 heteroatoms. The standard InChI is InChI=1S/C30H33N3/c1-23(28-13-7-11-26-10-5-6-12-30(26)28)32-20-27-22-33(21-24-14-17-31-18-15-24)19-16-29(27)25-8-3-2-4-9-25/h2-15,17-18,23,27,29,32H,16,19-22H2,1H3/t23-,27?,29?/m1/s1. The highest BCUT2D eigenvalue weighted by Crippen LogP contribution is 2.34. The van der Waals surface area contributed by atoms with Crippen molar-refractivity contribution in [1.29, 1.82) is 0 Å². The molecule has 3 aromatic carbocycles. The van der Waals surface area contributed by atoms with Crippen molar-refractivity contribution in [2.75, 3.05) is 19.6 Å². The lowest BCUT2D eigenvalue weighted by Gasteiger charge is -2.39. The molecule has 2 heterocycles. The summed E-state index contributed by atoms with van der Waals surface area (Å²) >= 11 is 0. The SMILES string of the molecule is C[C@@H](NCC1CN(Cc2ccncc2)CCC1c1ccccc1)c1cccc2ccccc12. The van der Waals surface area contributed by atoms with E-state index in [9.17, 15) is 0 Å². The molecule has 2 unspecified atom stereocenters. The molecule has 0 bridgehead atoms. The molecule has 1 N–H and O–H groups in total. The number of rotatable bonds is 7. The van der Waals surface area contributed by atoms with Gasteiger partial charge in [0.25, 0.3) is 0 Å². The van der Waals surface area contributed by atoms with E-state index in [0.717, 1.165) is 26.2 Å². The summed E-state index contributed by atoms with van der Waals surface area (Å²) in [6, 6.07) is 31.1. The predicted molar refractivity (Wildman–Crippen MR) is 137 cm³/mol. The number of nitrogens with one attached hydrogen (secondary N) is 1. The van der Waals surface area contributed by atoms with Crippen LogP contribution in [0.15, 0.2) is 97.3 Å². The van der Waals surface area contributed by atoms with Gasteiger partial charge >= 0.3 is 0 Å². The summed E-state index contributed by atoms with van der Waals surface area (Å²) in [6.07, 6.45) is 5.00. The summed E-state index contributed by atoms with van der Waals surface area (Å²) in [6.45, 7) is 6.56. The lowest BCUT2D eigenvalue weighted by atomic mass is 9.80. The third-order valence-electron chi connectivity index (χ3n) is 7.18. The fourth-order valence-electron chi connectivity index (χ4n) is 5.41. The van der Waals surface area contributed by atoms with E-state index in [2.05, 4.69) is 107 Å². The number of likely N-dealkylation sites (tertiary alicyclic amines) is 1. The molecule has 1 fully saturated rings. The van der Waals surface area contributed by atoms with E-state index in [1.54, 1.807) is 0 Å². The number of pyridine rings is 1. The third kappa shape index (κ3) is 5.16. The molecular weight excluding hydrogens is 402 g/mol. The highest BCUT2D eigenvalue weighted by atomic mass is 15.1. The third-order valence-corrected chi connectivity index (χ3v) is 7.18. The van der Waals surface area contributed by atoms with Crippen LogP contribution in [0.4, 0.5) is 0 Å². The van der Waals surface area contributed by atoms with Crippen molar-refractivity contribution < 1.29 is 0 Å². The van der Waals surface area contributed by atoms with Crippen LogP contribution >= 0.6 is 0 Å². The summed E-state index contributed by atoms with van der Waals surface area (Å²) in [5.74, 6) is 1.16. The monoisotopic (exact) mass is 435 g/mol. The first kappa shape index (κ1) is 21.8. The van der Waals surface area contributed by atoms with Crippen LogP contribution in [0.3, 0.4) is 0 Å². The van der Waals surface area contributed by atoms with Gasteiger partial charge in [-0.15, -0.1) is 0 Å². The highest BCUT2D eigenvalue weighted by molar-refractivity contribution is 5.86. The quantitative estimate of drug-likeness (QED) is 0.375. The Hall–Kier alpha value is -3.01. The van der Waals surface area contributed by atoms with Crippen LogP contribution in [0, 0.1) is 5.92 Å². The van der Waals surface area contributed by atoms with Gasteiger partial charge in [-0.3, -0.25) is 9.88 Å². The first-order chi connectivity index (χ1) is 16.3. The number of piperidine rings is 1. The topological polar surface area (TPSA) is 28.2 Å². The van der Waals surface area contributed by atoms with Crippen molar-refractivity contribution in [3.8, 4) is 0 Å². The summed E-state index contributed by atoms with van der Waals surface area (Å²) in [5, 5.41) is 6.57. The zero-order valence-electron chi connectivity index (χ0n) is 19.4. The van der Waals surface area contributed by atoms with E-state index in [-0.39, 0.29) is 0 Å². The number of hydrogen-bond acceptors (Lipinski definition) is 3. The van der Waals surface area contributed by atoms with E-state index < -0.39 is 0 Å². The number of fused-ring (bicyclic) bond motifs is 1. The number of hydrogen-bond donors (Lipinski definition) is 1. The van der Waals surface area contributed by atoms with Crippen LogP contribution in [0.2, 0.25) is 0 Å². The smallest absolute Gasteiger partial charge is 0.0298 e. The predicted octanol–water partition coefficient (Wildman–Crippen LogP) is 6.19. The summed E-state index contributed by atoms with van der Waals surface area (Å²) < 4.78 is 0. The first-order valence-corrected chi connectivity index (χ1v) is 12.1. The maximum atomic E-state index is 4.18. The highest BCUT2D eigenvalue weighted by Gasteiger charge is 2.30. The molecule has 1 saturated heterocycles. The molecular formula is C30H33N3. The van der Waals surface area contributed by atoms with Gasteiger partial charge in [0.1, 0.15) is 0 Å². The fourth-order valence-corrected chi connectivity index (χ4v) is 5.41. The number of nitrogens with zero attached hydrogens (tertiary/aromatic N) is 2. The van der Waals surface area contributed by atoms with Crippen LogP contribution in [0.5, 0.6) is 0 Å². The van der Waals surface area contributed by atoms with Crippen molar-refractivity contribution in [2.45, 2.75) is 31.8 Å². The molecule has 5 rings (SSSR count). The van der Waals surface area contributed by atoms with Gasteiger partial charge in [-0.25, -0.2) is 0 Å². The normalized spacial score (nSPS) is 20.0. The second-order valence-corrected chi connectivity index (χ2v) is 9.35. The molecule has 1 aliphatic rings. The van der Waals surface area contributed by atoms with Crippen LogP contribution in [-0.4, -0.2) is 29.5 Å². The molecule has 168 valence electrons. The van der Waals surface area contributed by atoms with Gasteiger partial charge in [-0.1, -0.05) is 72.8 Å². The summed E-state index contributed by atoms with van der Waals surface area (Å²) in [5.41, 5.74) is 4.21. The van der Waals surface area contributed by atoms with Gasteiger partial charge < -0.3 is 5.32 Å². The molecule has 0 aliphatic carbocycles. The van der Waals surface area contributed by atoms with Crippen molar-refractivity contribution in [3.05, 3.63) is 114 Å². The molecule has 4 aromatic rings. The molecule has 33 heavy (non-hydrogen) atoms. The Morgan fingerprint density at radius 3 is 2.52 bits per heavy atom. The maximum Gasteiger partial charge on any atom is 0.0298 e. The molecule has 0 spiro atoms. The van der Waals surface area contributed by atoms with Crippen molar-refractivity contribution in [2.24, 2.45) is 5.92 Å². The minimum absolute atomic E-state index is 0.308. The van der Waals surface area contributed by atoms with Crippen LogP contribution in [-0.2, 0) is 6.54 Å². The van der Waals surface area contributed by atoms with Gasteiger partial charge in [0.05, 0.1) is 0 Å². The number of benzene rings is 3. The minimum Gasteiger partial charge on any atom is -0.310 e. The molecule has 3 nitrogen and oxygen atoms in total. The molecule has 0 radical (unpaired) electrons. The average molecular weight is 436 g/mol. The van der Waals surface area contributed by atoms with Gasteiger partial charge in [-0.2, -0.15) is 0 Å². The van der Waals surface area contributed by atoms with Gasteiger partial charge in [0.2, 0.25) is 0 Å². The molecule has 1 aromatic heterocycles. The Balaban J connectivity index is 1.32. The van der Waals surface area contributed by atoms with E-state index >= 15 is 0 Å². The zero-order valence-corrected chi connectivity index (χ0v) is 19.4. The van der Waals surface area contributed by atoms with Crippen molar-refractivity contribution in [3.63, 3.8) is 0 Å². The second kappa shape index (κ2) is 10.3. The largest absolute Gasteiger partial charge is 0.310 e. The summed E-state index contributed by atoms with van der Waals surface area (Å²) in [4.78, 5) is 6.79. The van der Waals surface area contributed by atoms with Crippen LogP contribution in [0.25, 0.3) is 10.8 Å². The Kier molecular flexibility index (Phi) is 6.80. The maximum absolute atomic E-state index is 4.18. The second-order valence-electron chi connectivity index (χ2n) is 9.35. The zero-order chi connectivity index (χ0) is 22.5. The Morgan fingerprint density at radius 1 is 0.909 bits per heavy atom. The summed E-state index contributed by atoms with van der Waals surface area (Å²) in [7, 11) is 0. The van der Waals surface area contributed by atoms with Crippen molar-refractivity contribution >= 4 is 10.8 Å². The lowest BCUT2D eigenvalue weighted by Crippen LogP contribution is -2.43. The van der Waals surface area contributed by atoms with Gasteiger partial charge in [0, 0.05) is 38.1 Å². The van der Waals surface area contributed by atoms with E-state index in [1.165, 1.54) is 33.9 Å². The van der Waals surface area contributed by atoms with Gasteiger partial charge in [0.15, 0.2) is 0 Å². The van der Waals surface area contributed by atoms with Crippen LogP contribution in [0.1, 0.15) is 42.0 Å². The lowest BCUT2D eigenvalue weighted by molar-refractivity contribution is 0.143. The molecule has 3 atom stereocenters. The Bertz CT molecular complexity index is 1150. The Morgan fingerprint density at radius 2 is 1.67 bits per heavy atom. The van der Waals surface area contributed by atoms with E-state index in [1.807, 2.05) is 12.4 Å². The Labute approximate surface area is 197 Å². The van der Waals surface area contributed by atoms with Crippen molar-refractivity contribution in [1.82, 2.24) is 15.2 Å². The van der Waals surface area contributed by atoms with Crippen LogP contribution < -0.4 is 5.32 Å². The molecule has 1 aliphatic heterocycles. The molecule has 0 saturated carbocycles. The minimum atomic E-state index is 0.308. The molecule has 0 amide bonds. The van der Waals surface area contributed by atoms with E-state index in [0.29, 0.717) is 17.9 Å². The fraction of sp³-hybridized carbons (Fsp3) is 0.300. The average Bonchev–Trinajstić information content (AvgIpc) is 2.88. The number of aromatic nitrogens is 1. The first-order valence-electron chi connectivity index (χ1n) is 12.1. The van der Waals surface area contributed by atoms with E-state index in [4.69, 9.17) is 0 Å². The van der Waals surface area contributed by atoms with Gasteiger partial charge in [-0.05, 0) is 71.3 Å².